The number of hydrogen-bond donors (Lipinski definition) is 2. The molecule has 2 aromatic heterocycles. The van der Waals surface area contributed by atoms with Crippen molar-refractivity contribution in [2.45, 2.75) is 37.8 Å². The zero-order valence-electron chi connectivity index (χ0n) is 17.9. The summed E-state index contributed by atoms with van der Waals surface area (Å²) in [5, 5.41) is 16.0. The standard InChI is InChI=1S/C25H26N4O3/c1-31-21-15-27-25(26)22-23(28-29(24(21)22)17-6-5-7-18(30)14-17)16-10-12-20(13-11-16)32-19-8-3-2-4-9-19/h2-4,8-13,15,17-18,30H,5-7,14H2,1H3,(H2,26,27)/t17-,18-/m1/s1. The van der Waals surface area contributed by atoms with Crippen molar-refractivity contribution in [1.29, 1.82) is 0 Å². The molecule has 4 aromatic rings. The number of hydrogen-bond acceptors (Lipinski definition) is 6. The number of para-hydroxylation sites is 1. The number of nitrogens with zero attached hydrogens (tertiary/aromatic N) is 3. The fourth-order valence-electron chi connectivity index (χ4n) is 4.45. The lowest BCUT2D eigenvalue weighted by Gasteiger charge is -2.27. The van der Waals surface area contributed by atoms with Crippen LogP contribution in [-0.4, -0.2) is 33.1 Å². The molecule has 1 aliphatic carbocycles. The number of methoxy groups -OCH3 is 1. The van der Waals surface area contributed by atoms with E-state index in [4.69, 9.17) is 20.3 Å². The predicted molar refractivity (Wildman–Crippen MR) is 124 cm³/mol. The van der Waals surface area contributed by atoms with Crippen LogP contribution in [0.4, 0.5) is 5.82 Å². The van der Waals surface area contributed by atoms with Crippen molar-refractivity contribution in [3.05, 3.63) is 60.8 Å². The molecule has 32 heavy (non-hydrogen) atoms. The number of ether oxygens (including phenoxy) is 2. The fraction of sp³-hybridized carbons (Fsp3) is 0.280. The van der Waals surface area contributed by atoms with Crippen molar-refractivity contribution in [3.8, 4) is 28.5 Å². The molecule has 7 nitrogen and oxygen atoms in total. The third-order valence-electron chi connectivity index (χ3n) is 6.01. The van der Waals surface area contributed by atoms with Gasteiger partial charge in [0.2, 0.25) is 0 Å². The topological polar surface area (TPSA) is 95.4 Å². The molecule has 2 heterocycles. The summed E-state index contributed by atoms with van der Waals surface area (Å²) in [6, 6.07) is 17.5. The Morgan fingerprint density at radius 2 is 1.78 bits per heavy atom. The second-order valence-corrected chi connectivity index (χ2v) is 8.14. The van der Waals surface area contributed by atoms with Gasteiger partial charge in [-0.1, -0.05) is 18.2 Å². The minimum Gasteiger partial charge on any atom is -0.493 e. The summed E-state index contributed by atoms with van der Waals surface area (Å²) in [5.74, 6) is 2.55. The Labute approximate surface area is 186 Å². The zero-order valence-corrected chi connectivity index (χ0v) is 17.9. The molecule has 2 atom stereocenters. The van der Waals surface area contributed by atoms with E-state index in [1.54, 1.807) is 13.3 Å². The number of benzene rings is 2. The highest BCUT2D eigenvalue weighted by atomic mass is 16.5. The van der Waals surface area contributed by atoms with Crippen molar-refractivity contribution < 1.29 is 14.6 Å². The Balaban J connectivity index is 1.58. The SMILES string of the molecule is COc1cnc(N)c2c(-c3ccc(Oc4ccccc4)cc3)nn([C@@H]3CCC[C@@H](O)C3)c12. The first-order valence-electron chi connectivity index (χ1n) is 10.9. The number of pyridine rings is 1. The van der Waals surface area contributed by atoms with E-state index in [9.17, 15) is 5.11 Å². The van der Waals surface area contributed by atoms with Crippen LogP contribution in [0.1, 0.15) is 31.7 Å². The average molecular weight is 431 g/mol. The monoisotopic (exact) mass is 430 g/mol. The molecule has 3 N–H and O–H groups in total. The highest BCUT2D eigenvalue weighted by Crippen LogP contribution is 2.40. The molecule has 5 rings (SSSR count). The van der Waals surface area contributed by atoms with E-state index >= 15 is 0 Å². The van der Waals surface area contributed by atoms with Gasteiger partial charge in [0.25, 0.3) is 0 Å². The van der Waals surface area contributed by atoms with Crippen LogP contribution < -0.4 is 15.2 Å². The summed E-state index contributed by atoms with van der Waals surface area (Å²) in [7, 11) is 1.62. The Morgan fingerprint density at radius 3 is 2.50 bits per heavy atom. The first-order chi connectivity index (χ1) is 15.6. The normalized spacial score (nSPS) is 18.6. The van der Waals surface area contributed by atoms with E-state index in [2.05, 4.69) is 4.98 Å². The molecular weight excluding hydrogens is 404 g/mol. The smallest absolute Gasteiger partial charge is 0.163 e. The van der Waals surface area contributed by atoms with Gasteiger partial charge >= 0.3 is 0 Å². The van der Waals surface area contributed by atoms with Gasteiger partial charge in [0.1, 0.15) is 28.5 Å². The first kappa shape index (κ1) is 20.3. The lowest BCUT2D eigenvalue weighted by atomic mass is 9.93. The Morgan fingerprint density at radius 1 is 1.03 bits per heavy atom. The van der Waals surface area contributed by atoms with Crippen LogP contribution in [-0.2, 0) is 0 Å². The van der Waals surface area contributed by atoms with Crippen molar-refractivity contribution in [2.75, 3.05) is 12.8 Å². The maximum absolute atomic E-state index is 10.2. The van der Waals surface area contributed by atoms with Gasteiger partial charge < -0.3 is 20.3 Å². The molecule has 7 heteroatoms. The number of aliphatic hydroxyl groups excluding tert-OH is 1. The molecule has 164 valence electrons. The minimum absolute atomic E-state index is 0.0754. The third kappa shape index (κ3) is 3.76. The molecule has 0 aliphatic heterocycles. The van der Waals surface area contributed by atoms with Crippen LogP contribution in [0.5, 0.6) is 17.2 Å². The van der Waals surface area contributed by atoms with Crippen LogP contribution in [0.2, 0.25) is 0 Å². The second-order valence-electron chi connectivity index (χ2n) is 8.14. The Bertz CT molecular complexity index is 1220. The van der Waals surface area contributed by atoms with Crippen LogP contribution in [0.3, 0.4) is 0 Å². The van der Waals surface area contributed by atoms with E-state index in [1.807, 2.05) is 59.3 Å². The molecule has 0 spiro atoms. The molecule has 0 radical (unpaired) electrons. The quantitative estimate of drug-likeness (QED) is 0.465. The van der Waals surface area contributed by atoms with Crippen LogP contribution >= 0.6 is 0 Å². The number of nitrogen functional groups attached to an aromatic ring is 1. The van der Waals surface area contributed by atoms with Crippen molar-refractivity contribution in [3.63, 3.8) is 0 Å². The minimum atomic E-state index is -0.323. The second kappa shape index (κ2) is 8.51. The summed E-state index contributed by atoms with van der Waals surface area (Å²) in [6.45, 7) is 0. The third-order valence-corrected chi connectivity index (χ3v) is 6.01. The summed E-state index contributed by atoms with van der Waals surface area (Å²) in [4.78, 5) is 4.34. The van der Waals surface area contributed by atoms with Gasteiger partial charge in [0.05, 0.1) is 30.8 Å². The maximum Gasteiger partial charge on any atom is 0.163 e. The largest absolute Gasteiger partial charge is 0.493 e. The predicted octanol–water partition coefficient (Wildman–Crippen LogP) is 4.96. The van der Waals surface area contributed by atoms with E-state index in [-0.39, 0.29) is 12.1 Å². The lowest BCUT2D eigenvalue weighted by Crippen LogP contribution is -2.23. The number of fused-ring (bicyclic) bond motifs is 1. The van der Waals surface area contributed by atoms with Gasteiger partial charge in [0, 0.05) is 5.56 Å². The molecule has 0 amide bonds. The van der Waals surface area contributed by atoms with Crippen LogP contribution in [0.15, 0.2) is 60.8 Å². The van der Waals surface area contributed by atoms with Crippen LogP contribution in [0.25, 0.3) is 22.2 Å². The van der Waals surface area contributed by atoms with Crippen molar-refractivity contribution >= 4 is 16.7 Å². The summed E-state index contributed by atoms with van der Waals surface area (Å²) >= 11 is 0. The van der Waals surface area contributed by atoms with Crippen LogP contribution in [0, 0.1) is 0 Å². The van der Waals surface area contributed by atoms with Gasteiger partial charge in [-0.25, -0.2) is 4.98 Å². The van der Waals surface area contributed by atoms with Gasteiger partial charge in [-0.3, -0.25) is 4.68 Å². The number of anilines is 1. The Kier molecular flexibility index (Phi) is 5.41. The number of rotatable bonds is 5. The number of nitrogens with two attached hydrogens (primary N) is 1. The Hall–Kier alpha value is -3.58. The van der Waals surface area contributed by atoms with Gasteiger partial charge in [-0.15, -0.1) is 0 Å². The molecular formula is C25H26N4O3. The highest BCUT2D eigenvalue weighted by Gasteiger charge is 2.28. The number of aromatic nitrogens is 3. The molecule has 1 aliphatic rings. The summed E-state index contributed by atoms with van der Waals surface area (Å²) in [5.41, 5.74) is 8.80. The van der Waals surface area contributed by atoms with E-state index in [0.29, 0.717) is 18.0 Å². The molecule has 0 unspecified atom stereocenters. The van der Waals surface area contributed by atoms with Gasteiger partial charge in [-0.2, -0.15) is 5.10 Å². The first-order valence-corrected chi connectivity index (χ1v) is 10.9. The van der Waals surface area contributed by atoms with E-state index in [0.717, 1.165) is 52.9 Å². The summed E-state index contributed by atoms with van der Waals surface area (Å²) in [6.07, 6.45) is 4.70. The van der Waals surface area contributed by atoms with Gasteiger partial charge in [-0.05, 0) is 62.1 Å². The van der Waals surface area contributed by atoms with Crippen molar-refractivity contribution in [2.24, 2.45) is 0 Å². The van der Waals surface area contributed by atoms with E-state index in [1.165, 1.54) is 0 Å². The van der Waals surface area contributed by atoms with E-state index < -0.39 is 0 Å². The fourth-order valence-corrected chi connectivity index (χ4v) is 4.45. The molecule has 1 saturated carbocycles. The summed E-state index contributed by atoms with van der Waals surface area (Å²) < 4.78 is 13.5. The number of aliphatic hydroxyl groups is 1. The average Bonchev–Trinajstić information content (AvgIpc) is 3.22. The van der Waals surface area contributed by atoms with Gasteiger partial charge in [0.15, 0.2) is 5.75 Å². The molecule has 2 aromatic carbocycles. The van der Waals surface area contributed by atoms with Crippen molar-refractivity contribution in [1.82, 2.24) is 14.8 Å². The lowest BCUT2D eigenvalue weighted by molar-refractivity contribution is 0.101. The highest BCUT2D eigenvalue weighted by molar-refractivity contribution is 6.03. The zero-order chi connectivity index (χ0) is 22.1. The molecule has 0 saturated heterocycles. The maximum atomic E-state index is 10.2. The molecule has 1 fully saturated rings. The molecule has 0 bridgehead atoms.